The highest BCUT2D eigenvalue weighted by Crippen LogP contribution is 2.45. The molecule has 0 aromatic carbocycles. The molecule has 0 aromatic rings. The van der Waals surface area contributed by atoms with Crippen molar-refractivity contribution in [2.45, 2.75) is 30.5 Å². The lowest BCUT2D eigenvalue weighted by Crippen LogP contribution is -2.64. The van der Waals surface area contributed by atoms with Gasteiger partial charge in [-0.25, -0.2) is 0 Å². The second-order valence-corrected chi connectivity index (χ2v) is 8.20. The summed E-state index contributed by atoms with van der Waals surface area (Å²) in [6.45, 7) is -1.28. The summed E-state index contributed by atoms with van der Waals surface area (Å²) in [6, 6.07) is 0. The highest BCUT2D eigenvalue weighted by atomic mass is 31.2. The van der Waals surface area contributed by atoms with Crippen LogP contribution in [0.2, 0.25) is 0 Å². The second-order valence-electron chi connectivity index (χ2n) is 4.88. The van der Waals surface area contributed by atoms with Gasteiger partial charge in [0.15, 0.2) is 0 Å². The van der Waals surface area contributed by atoms with Crippen LogP contribution in [-0.2, 0) is 27.3 Å². The second kappa shape index (κ2) is 8.07. The molecule has 0 radical (unpaired) electrons. The third kappa shape index (κ3) is 7.03. The van der Waals surface area contributed by atoms with Gasteiger partial charge >= 0.3 is 0 Å². The first-order chi connectivity index (χ1) is 11.1. The highest BCUT2D eigenvalue weighted by molar-refractivity contribution is 7.43. The first-order valence-electron chi connectivity index (χ1n) is 6.14. The van der Waals surface area contributed by atoms with Gasteiger partial charge in [-0.2, -0.15) is 0 Å². The van der Waals surface area contributed by atoms with Gasteiger partial charge in [0.25, 0.3) is 0 Å². The summed E-state index contributed by atoms with van der Waals surface area (Å²) in [4.78, 5) is 64.3. The normalized spacial score (nSPS) is 34.9. The molecule has 0 amide bonds. The van der Waals surface area contributed by atoms with E-state index in [1.807, 2.05) is 0 Å². The van der Waals surface area contributed by atoms with E-state index < -0.39 is 66.5 Å². The molecule has 0 spiro atoms. The molecule has 0 bridgehead atoms. The van der Waals surface area contributed by atoms with E-state index in [9.17, 15) is 58.4 Å². The fourth-order valence-corrected chi connectivity index (χ4v) is 3.97. The lowest BCUT2D eigenvalue weighted by molar-refractivity contribution is -0.370. The molecule has 1 aliphatic rings. The minimum absolute atomic E-state index is 1.28. The molecule has 6 unspecified atom stereocenters. The summed E-state index contributed by atoms with van der Waals surface area (Å²) in [5.74, 6) is -1.99. The molecule has 1 saturated carbocycles. The third-order valence-corrected chi connectivity index (χ3v) is 4.66. The standard InChI is InChI=1S/C7H17O15P3/c8-1-2-3(9)6(21-24(14,15)16)4(10)7(22-25(17,18)19)5(2)20-23(11,12)13/h2-10H,1H2,(H2,11,12,13)(H2,14,15,16)(H2,17,18,19)/p-6. The third-order valence-electron chi connectivity index (χ3n) is 3.16. The number of aliphatic hydroxyl groups is 3. The molecule has 18 heteroatoms. The van der Waals surface area contributed by atoms with E-state index in [1.165, 1.54) is 0 Å². The van der Waals surface area contributed by atoms with Crippen molar-refractivity contribution in [3.05, 3.63) is 0 Å². The molecule has 1 fully saturated rings. The van der Waals surface area contributed by atoms with E-state index in [4.69, 9.17) is 0 Å². The van der Waals surface area contributed by atoms with Gasteiger partial charge in [-0.05, 0) is 0 Å². The Hall–Kier alpha value is 0.210. The molecular weight excluding hydrogens is 417 g/mol. The molecule has 0 saturated heterocycles. The number of phosphoric acid groups is 3. The quantitative estimate of drug-likeness (QED) is 0.318. The molecule has 15 nitrogen and oxygen atoms in total. The summed E-state index contributed by atoms with van der Waals surface area (Å²) in [5.41, 5.74) is 0. The Morgan fingerprint density at radius 1 is 0.680 bits per heavy atom. The Morgan fingerprint density at radius 2 is 1.04 bits per heavy atom. The minimum Gasteiger partial charge on any atom is -0.790 e. The lowest BCUT2D eigenvalue weighted by atomic mass is 9.79. The number of rotatable bonds is 7. The fourth-order valence-electron chi connectivity index (χ4n) is 2.31. The Bertz CT molecular complexity index is 590. The van der Waals surface area contributed by atoms with E-state index in [-0.39, 0.29) is 0 Å². The van der Waals surface area contributed by atoms with Crippen molar-refractivity contribution in [2.75, 3.05) is 6.61 Å². The first kappa shape index (κ1) is 23.2. The average molecular weight is 428 g/mol. The molecule has 0 aromatic heterocycles. The van der Waals surface area contributed by atoms with Crippen LogP contribution in [0, 0.1) is 5.92 Å². The van der Waals surface area contributed by atoms with Crippen molar-refractivity contribution in [3.63, 3.8) is 0 Å². The van der Waals surface area contributed by atoms with Gasteiger partial charge in [-0.1, -0.05) is 0 Å². The largest absolute Gasteiger partial charge is 0.790 e. The van der Waals surface area contributed by atoms with Crippen LogP contribution in [0.1, 0.15) is 0 Å². The number of aliphatic hydroxyl groups excluding tert-OH is 3. The summed E-state index contributed by atoms with van der Waals surface area (Å²) in [7, 11) is -17.8. The van der Waals surface area contributed by atoms with E-state index in [0.29, 0.717) is 0 Å². The Labute approximate surface area is 139 Å². The molecule has 0 aliphatic heterocycles. The Morgan fingerprint density at radius 3 is 1.40 bits per heavy atom. The molecule has 25 heavy (non-hydrogen) atoms. The molecule has 150 valence electrons. The van der Waals surface area contributed by atoms with E-state index in [1.54, 1.807) is 0 Å². The Kier molecular flexibility index (Phi) is 7.50. The molecular formula is C7H11O15P3-6. The SMILES string of the molecule is O=P([O-])([O-])OC1C(O)C(CO)C(OP(=O)([O-])[O-])C(OP(=O)([O-])[O-])C1O. The maximum absolute atomic E-state index is 10.7. The topological polar surface area (TPSA) is 278 Å². The molecule has 1 rings (SSSR count). The number of hydrogen-bond acceptors (Lipinski definition) is 15. The van der Waals surface area contributed by atoms with Gasteiger partial charge in [-0.3, -0.25) is 0 Å². The zero-order valence-electron chi connectivity index (χ0n) is 11.8. The van der Waals surface area contributed by atoms with Crippen LogP contribution in [-0.4, -0.2) is 52.4 Å². The zero-order chi connectivity index (χ0) is 19.8. The van der Waals surface area contributed by atoms with Gasteiger partial charge in [-0.15, -0.1) is 0 Å². The van der Waals surface area contributed by atoms with Crippen LogP contribution in [0.3, 0.4) is 0 Å². The van der Waals surface area contributed by atoms with Crippen molar-refractivity contribution >= 4 is 23.5 Å². The maximum atomic E-state index is 10.7. The zero-order valence-corrected chi connectivity index (χ0v) is 14.4. The van der Waals surface area contributed by atoms with Crippen LogP contribution >= 0.6 is 23.5 Å². The lowest BCUT2D eigenvalue weighted by Gasteiger charge is -2.52. The molecule has 0 heterocycles. The molecule has 3 N–H and O–H groups in total. The first-order valence-corrected chi connectivity index (χ1v) is 10.5. The monoisotopic (exact) mass is 428 g/mol. The van der Waals surface area contributed by atoms with E-state index >= 15 is 0 Å². The smallest absolute Gasteiger partial charge is 0.118 e. The minimum atomic E-state index is -5.99. The predicted octanol–water partition coefficient (Wildman–Crippen LogP) is -7.03. The van der Waals surface area contributed by atoms with Crippen molar-refractivity contribution < 1.29 is 71.9 Å². The van der Waals surface area contributed by atoms with Gasteiger partial charge < -0.3 is 71.9 Å². The van der Waals surface area contributed by atoms with Crippen molar-refractivity contribution in [1.82, 2.24) is 0 Å². The molecule has 6 atom stereocenters. The van der Waals surface area contributed by atoms with Crippen LogP contribution in [0.4, 0.5) is 0 Å². The number of phosphoric ester groups is 3. The van der Waals surface area contributed by atoms with Crippen LogP contribution < -0.4 is 29.4 Å². The van der Waals surface area contributed by atoms with Gasteiger partial charge in [0.2, 0.25) is 0 Å². The van der Waals surface area contributed by atoms with Crippen molar-refractivity contribution in [2.24, 2.45) is 5.92 Å². The van der Waals surface area contributed by atoms with Crippen molar-refractivity contribution in [3.8, 4) is 0 Å². The highest BCUT2D eigenvalue weighted by Gasteiger charge is 2.52. The molecule has 1 aliphatic carbocycles. The van der Waals surface area contributed by atoms with Gasteiger partial charge in [0.05, 0.1) is 42.3 Å². The fraction of sp³-hybridized carbons (Fsp3) is 1.00. The summed E-state index contributed by atoms with van der Waals surface area (Å²) in [5, 5.41) is 28.9. The van der Waals surface area contributed by atoms with Crippen molar-refractivity contribution in [1.29, 1.82) is 0 Å². The van der Waals surface area contributed by atoms with Crippen LogP contribution in [0.25, 0.3) is 0 Å². The van der Waals surface area contributed by atoms with Crippen LogP contribution in [0.5, 0.6) is 0 Å². The summed E-state index contributed by atoms with van der Waals surface area (Å²) >= 11 is 0. The maximum Gasteiger partial charge on any atom is 0.118 e. The van der Waals surface area contributed by atoms with Crippen LogP contribution in [0.15, 0.2) is 0 Å². The van der Waals surface area contributed by atoms with E-state index in [0.717, 1.165) is 0 Å². The van der Waals surface area contributed by atoms with Gasteiger partial charge in [0, 0.05) is 5.92 Å². The summed E-state index contributed by atoms with van der Waals surface area (Å²) in [6.07, 6.45) is -12.4. The van der Waals surface area contributed by atoms with E-state index in [2.05, 4.69) is 13.6 Å². The number of hydrogen-bond donors (Lipinski definition) is 3. The predicted molar refractivity (Wildman–Crippen MR) is 60.0 cm³/mol. The summed E-state index contributed by atoms with van der Waals surface area (Å²) < 4.78 is 43.7. The average Bonchev–Trinajstić information content (AvgIpc) is 2.36. The van der Waals surface area contributed by atoms with Gasteiger partial charge in [0.1, 0.15) is 18.3 Å². The Balaban J connectivity index is 3.32.